The van der Waals surface area contributed by atoms with Crippen molar-refractivity contribution < 1.29 is 9.84 Å². The Bertz CT molecular complexity index is 790. The van der Waals surface area contributed by atoms with Crippen molar-refractivity contribution in [1.82, 2.24) is 4.98 Å². The van der Waals surface area contributed by atoms with E-state index in [2.05, 4.69) is 40.2 Å². The summed E-state index contributed by atoms with van der Waals surface area (Å²) in [5.74, 6) is 1.20. The molecule has 26 heavy (non-hydrogen) atoms. The molecule has 2 aromatic rings. The number of hydrogen-bond acceptors (Lipinski definition) is 4. The number of allylic oxidation sites excluding steroid dienone is 4. The Balaban J connectivity index is 0.000000431. The van der Waals surface area contributed by atoms with E-state index in [1.54, 1.807) is 25.5 Å². The molecule has 4 nitrogen and oxygen atoms in total. The van der Waals surface area contributed by atoms with E-state index < -0.39 is 0 Å². The molecule has 0 radical (unpaired) electrons. The molecule has 0 fully saturated rings. The molecular formula is C22H26N2O2. The monoisotopic (exact) mass is 350 g/mol. The molecule has 1 aliphatic heterocycles. The Hall–Kier alpha value is -3.01. The number of benzene rings is 1. The van der Waals surface area contributed by atoms with Crippen LogP contribution in [0.5, 0.6) is 5.75 Å². The van der Waals surface area contributed by atoms with Crippen LogP contribution in [0.1, 0.15) is 25.8 Å². The fourth-order valence-electron chi connectivity index (χ4n) is 2.53. The molecule has 3 rings (SSSR count). The van der Waals surface area contributed by atoms with Crippen LogP contribution in [0.3, 0.4) is 0 Å². The number of aromatic nitrogens is 1. The van der Waals surface area contributed by atoms with Gasteiger partial charge in [-0.05, 0) is 48.2 Å². The highest BCUT2D eigenvalue weighted by molar-refractivity contribution is 5.68. The third kappa shape index (κ3) is 5.52. The number of ether oxygens (including phenoxy) is 1. The Labute approximate surface area is 155 Å². The van der Waals surface area contributed by atoms with Gasteiger partial charge in [0.15, 0.2) is 0 Å². The summed E-state index contributed by atoms with van der Waals surface area (Å²) >= 11 is 0. The van der Waals surface area contributed by atoms with Gasteiger partial charge in [0.1, 0.15) is 11.6 Å². The van der Waals surface area contributed by atoms with Crippen molar-refractivity contribution in [2.75, 3.05) is 12.4 Å². The second kappa shape index (κ2) is 10.1. The highest BCUT2D eigenvalue weighted by Gasteiger charge is 2.11. The van der Waals surface area contributed by atoms with Gasteiger partial charge in [-0.25, -0.2) is 4.98 Å². The minimum absolute atomic E-state index is 0.279. The predicted molar refractivity (Wildman–Crippen MR) is 108 cm³/mol. The van der Waals surface area contributed by atoms with E-state index in [0.29, 0.717) is 0 Å². The van der Waals surface area contributed by atoms with Gasteiger partial charge in [0, 0.05) is 24.4 Å². The van der Waals surface area contributed by atoms with Crippen molar-refractivity contribution in [2.45, 2.75) is 26.7 Å². The quantitative estimate of drug-likeness (QED) is 0.721. The fraction of sp³-hybridized carbons (Fsp3) is 0.227. The average Bonchev–Trinajstić information content (AvgIpc) is 2.67. The zero-order valence-electron chi connectivity index (χ0n) is 15.6. The molecule has 2 N–H and O–H groups in total. The number of anilines is 1. The summed E-state index contributed by atoms with van der Waals surface area (Å²) in [4.78, 5) is 4.49. The molecule has 136 valence electrons. The molecule has 2 heterocycles. The standard InChI is InChI=1S/C18H18N2O.C4H8O/c1-2-3-4-13-9-15-10-16(12-20-18(15)19-11-13)14-5-7-17(21)8-6-14;1-3-4-5-2/h3-8,10-12,21H,2,9H2,1H3,(H,19,20);3-4H,1-2H3/b2*4-3+. The molecule has 0 bridgehead atoms. The number of nitrogens with one attached hydrogen (secondary N) is 1. The summed E-state index contributed by atoms with van der Waals surface area (Å²) in [7, 11) is 1.62. The normalized spacial score (nSPS) is 12.8. The van der Waals surface area contributed by atoms with E-state index in [1.807, 2.05) is 37.5 Å². The van der Waals surface area contributed by atoms with Crippen LogP contribution >= 0.6 is 0 Å². The average molecular weight is 350 g/mol. The first kappa shape index (κ1) is 19.3. The minimum atomic E-state index is 0.279. The van der Waals surface area contributed by atoms with Gasteiger partial charge in [-0.2, -0.15) is 0 Å². The first-order chi connectivity index (χ1) is 12.7. The lowest BCUT2D eigenvalue weighted by Gasteiger charge is -2.16. The van der Waals surface area contributed by atoms with Crippen LogP contribution in [0.2, 0.25) is 0 Å². The number of fused-ring (bicyclic) bond motifs is 1. The number of hydrogen-bond donors (Lipinski definition) is 2. The number of nitrogens with zero attached hydrogens (tertiary/aromatic N) is 1. The summed E-state index contributed by atoms with van der Waals surface area (Å²) < 4.78 is 4.51. The molecule has 0 unspecified atom stereocenters. The van der Waals surface area contributed by atoms with Crippen molar-refractivity contribution in [3.63, 3.8) is 0 Å². The van der Waals surface area contributed by atoms with Gasteiger partial charge < -0.3 is 15.2 Å². The molecular weight excluding hydrogens is 324 g/mol. The van der Waals surface area contributed by atoms with Gasteiger partial charge >= 0.3 is 0 Å². The maximum Gasteiger partial charge on any atom is 0.133 e. The molecule has 0 aliphatic carbocycles. The van der Waals surface area contributed by atoms with Crippen LogP contribution in [0.15, 0.2) is 72.8 Å². The number of phenolic OH excluding ortho intramolecular Hbond substituents is 1. The van der Waals surface area contributed by atoms with Crippen LogP contribution < -0.4 is 5.32 Å². The largest absolute Gasteiger partial charge is 0.508 e. The van der Waals surface area contributed by atoms with Gasteiger partial charge in [0.05, 0.1) is 13.4 Å². The summed E-state index contributed by atoms with van der Waals surface area (Å²) in [6.45, 7) is 4.04. The summed E-state index contributed by atoms with van der Waals surface area (Å²) in [5.41, 5.74) is 4.58. The maximum absolute atomic E-state index is 9.37. The summed E-state index contributed by atoms with van der Waals surface area (Å²) in [6.07, 6.45) is 13.6. The summed E-state index contributed by atoms with van der Waals surface area (Å²) in [5, 5.41) is 12.6. The van der Waals surface area contributed by atoms with Crippen molar-refractivity contribution >= 4 is 5.82 Å². The van der Waals surface area contributed by atoms with Crippen LogP contribution in [0, 0.1) is 0 Å². The zero-order chi connectivity index (χ0) is 18.8. The summed E-state index contributed by atoms with van der Waals surface area (Å²) in [6, 6.07) is 9.37. The van der Waals surface area contributed by atoms with Crippen LogP contribution in [0.25, 0.3) is 11.1 Å². The van der Waals surface area contributed by atoms with Crippen LogP contribution in [-0.2, 0) is 11.2 Å². The van der Waals surface area contributed by atoms with E-state index in [-0.39, 0.29) is 5.75 Å². The second-order valence-corrected chi connectivity index (χ2v) is 5.83. The zero-order valence-corrected chi connectivity index (χ0v) is 15.6. The Morgan fingerprint density at radius 2 is 2.00 bits per heavy atom. The lowest BCUT2D eigenvalue weighted by Crippen LogP contribution is -2.06. The Kier molecular flexibility index (Phi) is 7.49. The highest BCUT2D eigenvalue weighted by Crippen LogP contribution is 2.28. The third-order valence-corrected chi connectivity index (χ3v) is 3.80. The Morgan fingerprint density at radius 1 is 1.23 bits per heavy atom. The van der Waals surface area contributed by atoms with Gasteiger partial charge in [-0.15, -0.1) is 0 Å². The van der Waals surface area contributed by atoms with E-state index in [4.69, 9.17) is 0 Å². The molecule has 0 saturated heterocycles. The molecule has 1 aliphatic rings. The smallest absolute Gasteiger partial charge is 0.133 e. The van der Waals surface area contributed by atoms with E-state index in [1.165, 1.54) is 11.1 Å². The lowest BCUT2D eigenvalue weighted by atomic mass is 9.99. The number of methoxy groups -OCH3 is 1. The number of phenols is 1. The van der Waals surface area contributed by atoms with E-state index >= 15 is 0 Å². The molecule has 0 amide bonds. The number of pyridine rings is 1. The number of rotatable bonds is 4. The van der Waals surface area contributed by atoms with Gasteiger partial charge in [-0.1, -0.05) is 37.3 Å². The van der Waals surface area contributed by atoms with Crippen molar-refractivity contribution in [3.05, 3.63) is 78.4 Å². The van der Waals surface area contributed by atoms with E-state index in [0.717, 1.165) is 29.8 Å². The van der Waals surface area contributed by atoms with Crippen molar-refractivity contribution in [3.8, 4) is 16.9 Å². The fourth-order valence-corrected chi connectivity index (χ4v) is 2.53. The number of aromatic hydroxyl groups is 1. The molecule has 0 atom stereocenters. The lowest BCUT2D eigenvalue weighted by molar-refractivity contribution is 0.337. The minimum Gasteiger partial charge on any atom is -0.508 e. The first-order valence-corrected chi connectivity index (χ1v) is 8.72. The maximum atomic E-state index is 9.37. The second-order valence-electron chi connectivity index (χ2n) is 5.83. The van der Waals surface area contributed by atoms with Gasteiger partial charge in [0.2, 0.25) is 0 Å². The molecule has 1 aromatic carbocycles. The third-order valence-electron chi connectivity index (χ3n) is 3.80. The van der Waals surface area contributed by atoms with E-state index in [9.17, 15) is 5.11 Å². The first-order valence-electron chi connectivity index (χ1n) is 8.72. The topological polar surface area (TPSA) is 54.4 Å². The van der Waals surface area contributed by atoms with Crippen molar-refractivity contribution in [2.24, 2.45) is 0 Å². The Morgan fingerprint density at radius 3 is 2.62 bits per heavy atom. The molecule has 0 saturated carbocycles. The highest BCUT2D eigenvalue weighted by atomic mass is 16.5. The molecule has 0 spiro atoms. The predicted octanol–water partition coefficient (Wildman–Crippen LogP) is 5.44. The van der Waals surface area contributed by atoms with Gasteiger partial charge in [-0.3, -0.25) is 0 Å². The van der Waals surface area contributed by atoms with Crippen LogP contribution in [-0.4, -0.2) is 17.2 Å². The van der Waals surface area contributed by atoms with Gasteiger partial charge in [0.25, 0.3) is 0 Å². The van der Waals surface area contributed by atoms with Crippen molar-refractivity contribution in [1.29, 1.82) is 0 Å². The van der Waals surface area contributed by atoms with Crippen LogP contribution in [0.4, 0.5) is 5.82 Å². The molecule has 1 aromatic heterocycles. The molecule has 4 heteroatoms. The SMILES string of the molecule is C/C=C/OC.CC/C=C/C1=CNc2ncc(-c3ccc(O)cc3)cc2C1.